The lowest BCUT2D eigenvalue weighted by atomic mass is 10.0. The smallest absolute Gasteiger partial charge is 0.135 e. The van der Waals surface area contributed by atoms with E-state index >= 15 is 0 Å². The predicted molar refractivity (Wildman–Crippen MR) is 242 cm³/mol. The Hall–Kier alpha value is -7.82. The predicted octanol–water partition coefficient (Wildman–Crippen LogP) is 14.5. The number of hydrogen-bond donors (Lipinski definition) is 0. The van der Waals surface area contributed by atoms with Gasteiger partial charge in [-0.25, -0.2) is 0 Å². The van der Waals surface area contributed by atoms with E-state index in [-0.39, 0.29) is 0 Å². The van der Waals surface area contributed by atoms with Crippen molar-refractivity contribution in [2.75, 3.05) is 0 Å². The minimum Gasteiger partial charge on any atom is -0.456 e. The van der Waals surface area contributed by atoms with Gasteiger partial charge >= 0.3 is 0 Å². The number of para-hydroxylation sites is 6. The quantitative estimate of drug-likeness (QED) is 0.177. The van der Waals surface area contributed by atoms with E-state index in [2.05, 4.69) is 214 Å². The van der Waals surface area contributed by atoms with Crippen molar-refractivity contribution < 1.29 is 4.42 Å². The molecule has 0 amide bonds. The SMILES string of the molecule is c1ccc2c(c1)c1ccccc1n2-c1cc(-c2ccc3oc4ccc(-n5c6ccccc6c6ccccc65)cc4c3c2)cc(-n2c3ccccc3c3ccccc32)c1. The molecule has 4 heterocycles. The summed E-state index contributed by atoms with van der Waals surface area (Å²) < 4.78 is 13.8. The molecule has 58 heavy (non-hydrogen) atoms. The Morgan fingerprint density at radius 3 is 1.00 bits per heavy atom. The van der Waals surface area contributed by atoms with E-state index in [0.717, 1.165) is 50.1 Å². The van der Waals surface area contributed by atoms with Gasteiger partial charge in [0, 0.05) is 60.2 Å². The molecule has 0 bridgehead atoms. The summed E-state index contributed by atoms with van der Waals surface area (Å²) in [7, 11) is 0. The third-order valence-electron chi connectivity index (χ3n) is 12.2. The van der Waals surface area contributed by atoms with Crippen molar-refractivity contribution >= 4 is 87.4 Å². The van der Waals surface area contributed by atoms with Crippen LogP contribution in [-0.2, 0) is 0 Å². The molecule has 0 aliphatic carbocycles. The first-order chi connectivity index (χ1) is 28.8. The number of furan rings is 1. The molecule has 0 fully saturated rings. The Bertz CT molecular complexity index is 3520. The highest BCUT2D eigenvalue weighted by molar-refractivity contribution is 6.13. The zero-order chi connectivity index (χ0) is 37.9. The highest BCUT2D eigenvalue weighted by Gasteiger charge is 2.19. The second kappa shape index (κ2) is 11.8. The van der Waals surface area contributed by atoms with Crippen LogP contribution in [0.15, 0.2) is 205 Å². The van der Waals surface area contributed by atoms with Crippen LogP contribution in [0, 0.1) is 0 Å². The molecule has 0 unspecified atom stereocenters. The highest BCUT2D eigenvalue weighted by atomic mass is 16.3. The standard InChI is InChI=1S/C54H33N3O/c1-7-19-47-39(13-1)40-14-2-8-20-48(40)55(47)36-26-28-54-46(33-36)45-31-34(25-27-53(45)58-54)35-29-37(56-49-21-9-3-15-41(49)42-16-4-10-22-50(42)56)32-38(30-35)57-51-23-11-5-17-43(51)44-18-6-12-24-52(44)57/h1-33H. The van der Waals surface area contributed by atoms with E-state index in [1.165, 1.54) is 65.4 Å². The van der Waals surface area contributed by atoms with Gasteiger partial charge in [-0.1, -0.05) is 115 Å². The second-order valence-corrected chi connectivity index (χ2v) is 15.3. The Morgan fingerprint density at radius 2 is 0.586 bits per heavy atom. The van der Waals surface area contributed by atoms with Crippen LogP contribution < -0.4 is 0 Å². The molecule has 9 aromatic carbocycles. The van der Waals surface area contributed by atoms with Gasteiger partial charge in [0.1, 0.15) is 11.2 Å². The maximum Gasteiger partial charge on any atom is 0.135 e. The van der Waals surface area contributed by atoms with Gasteiger partial charge in [0.25, 0.3) is 0 Å². The van der Waals surface area contributed by atoms with E-state index in [0.29, 0.717) is 0 Å². The van der Waals surface area contributed by atoms with Gasteiger partial charge in [0.05, 0.1) is 33.1 Å². The molecular weight excluding hydrogens is 707 g/mol. The van der Waals surface area contributed by atoms with Crippen molar-refractivity contribution in [1.82, 2.24) is 13.7 Å². The Labute approximate surface area is 332 Å². The summed E-state index contributed by atoms with van der Waals surface area (Å²) in [5.41, 5.74) is 14.5. The van der Waals surface area contributed by atoms with Crippen LogP contribution in [0.4, 0.5) is 0 Å². The molecule has 0 atom stereocenters. The fourth-order valence-electron chi connectivity index (χ4n) is 9.71. The number of aromatic nitrogens is 3. The Morgan fingerprint density at radius 1 is 0.241 bits per heavy atom. The summed E-state index contributed by atoms with van der Waals surface area (Å²) in [6.07, 6.45) is 0. The molecule has 4 aromatic heterocycles. The fourth-order valence-corrected chi connectivity index (χ4v) is 9.71. The molecule has 4 nitrogen and oxygen atoms in total. The van der Waals surface area contributed by atoms with Crippen LogP contribution in [0.2, 0.25) is 0 Å². The van der Waals surface area contributed by atoms with E-state index < -0.39 is 0 Å². The molecule has 13 rings (SSSR count). The number of fused-ring (bicyclic) bond motifs is 12. The van der Waals surface area contributed by atoms with Crippen LogP contribution in [0.25, 0.3) is 116 Å². The van der Waals surface area contributed by atoms with Gasteiger partial charge in [0.2, 0.25) is 0 Å². The number of benzene rings is 9. The molecule has 13 aromatic rings. The summed E-state index contributed by atoms with van der Waals surface area (Å²) in [6, 6.07) is 72.6. The van der Waals surface area contributed by atoms with Gasteiger partial charge in [-0.05, 0) is 96.1 Å². The van der Waals surface area contributed by atoms with Gasteiger partial charge in [0.15, 0.2) is 0 Å². The number of nitrogens with zero attached hydrogens (tertiary/aromatic N) is 3. The maximum absolute atomic E-state index is 6.53. The lowest BCUT2D eigenvalue weighted by molar-refractivity contribution is 0.669. The first kappa shape index (κ1) is 31.4. The maximum atomic E-state index is 6.53. The summed E-state index contributed by atoms with van der Waals surface area (Å²) in [4.78, 5) is 0. The van der Waals surface area contributed by atoms with Crippen LogP contribution in [0.1, 0.15) is 0 Å². The topological polar surface area (TPSA) is 27.9 Å². The molecule has 0 radical (unpaired) electrons. The van der Waals surface area contributed by atoms with Crippen molar-refractivity contribution in [3.8, 4) is 28.2 Å². The van der Waals surface area contributed by atoms with Crippen LogP contribution in [-0.4, -0.2) is 13.7 Å². The summed E-state index contributed by atoms with van der Waals surface area (Å²) in [5, 5.41) is 9.66. The fraction of sp³-hybridized carbons (Fsp3) is 0. The van der Waals surface area contributed by atoms with Crippen LogP contribution >= 0.6 is 0 Å². The lowest BCUT2D eigenvalue weighted by Gasteiger charge is -2.16. The van der Waals surface area contributed by atoms with Gasteiger partial charge < -0.3 is 18.1 Å². The highest BCUT2D eigenvalue weighted by Crippen LogP contribution is 2.40. The summed E-state index contributed by atoms with van der Waals surface area (Å²) >= 11 is 0. The zero-order valence-electron chi connectivity index (χ0n) is 31.3. The van der Waals surface area contributed by atoms with Crippen LogP contribution in [0.5, 0.6) is 0 Å². The minimum absolute atomic E-state index is 0.874. The molecule has 0 aliphatic rings. The first-order valence-electron chi connectivity index (χ1n) is 19.8. The molecular formula is C54H33N3O. The van der Waals surface area contributed by atoms with E-state index in [1.54, 1.807) is 0 Å². The molecule has 0 spiro atoms. The van der Waals surface area contributed by atoms with E-state index in [9.17, 15) is 0 Å². The van der Waals surface area contributed by atoms with Gasteiger partial charge in [-0.2, -0.15) is 0 Å². The third kappa shape index (κ3) is 4.40. The van der Waals surface area contributed by atoms with Crippen molar-refractivity contribution in [3.05, 3.63) is 200 Å². The monoisotopic (exact) mass is 739 g/mol. The van der Waals surface area contributed by atoms with E-state index in [4.69, 9.17) is 4.42 Å². The minimum atomic E-state index is 0.874. The lowest BCUT2D eigenvalue weighted by Crippen LogP contribution is -2.00. The van der Waals surface area contributed by atoms with E-state index in [1.807, 2.05) is 0 Å². The zero-order valence-corrected chi connectivity index (χ0v) is 31.3. The first-order valence-corrected chi connectivity index (χ1v) is 19.8. The number of rotatable bonds is 4. The van der Waals surface area contributed by atoms with Gasteiger partial charge in [-0.3, -0.25) is 0 Å². The Balaban J connectivity index is 1.07. The molecule has 0 saturated carbocycles. The van der Waals surface area contributed by atoms with Crippen LogP contribution in [0.3, 0.4) is 0 Å². The van der Waals surface area contributed by atoms with Crippen molar-refractivity contribution in [2.24, 2.45) is 0 Å². The summed E-state index contributed by atoms with van der Waals surface area (Å²) in [5.74, 6) is 0. The average molecular weight is 740 g/mol. The molecule has 4 heteroatoms. The largest absolute Gasteiger partial charge is 0.456 e. The third-order valence-corrected chi connectivity index (χ3v) is 12.2. The van der Waals surface area contributed by atoms with Crippen molar-refractivity contribution in [1.29, 1.82) is 0 Å². The molecule has 0 aliphatic heterocycles. The summed E-state index contributed by atoms with van der Waals surface area (Å²) in [6.45, 7) is 0. The van der Waals surface area contributed by atoms with Crippen molar-refractivity contribution in [3.63, 3.8) is 0 Å². The average Bonchev–Trinajstić information content (AvgIpc) is 4.02. The molecule has 270 valence electrons. The second-order valence-electron chi connectivity index (χ2n) is 15.3. The van der Waals surface area contributed by atoms with Crippen molar-refractivity contribution in [2.45, 2.75) is 0 Å². The Kier molecular flexibility index (Phi) is 6.41. The normalized spacial score (nSPS) is 12.1. The molecule has 0 saturated heterocycles. The number of hydrogen-bond acceptors (Lipinski definition) is 1. The molecule has 0 N–H and O–H groups in total. The van der Waals surface area contributed by atoms with Gasteiger partial charge in [-0.15, -0.1) is 0 Å².